The lowest BCUT2D eigenvalue weighted by Gasteiger charge is -2.40. The second-order valence-corrected chi connectivity index (χ2v) is 5.38. The van der Waals surface area contributed by atoms with Crippen molar-refractivity contribution in [1.29, 1.82) is 5.26 Å². The minimum Gasteiger partial charge on any atom is -0.330 e. The largest absolute Gasteiger partial charge is 0.330 e. The molecular formula is C14H16N4O3. The van der Waals surface area contributed by atoms with Crippen molar-refractivity contribution in [3.05, 3.63) is 33.9 Å². The van der Waals surface area contributed by atoms with E-state index in [9.17, 15) is 14.9 Å². The van der Waals surface area contributed by atoms with Crippen molar-refractivity contribution in [2.75, 3.05) is 11.9 Å². The van der Waals surface area contributed by atoms with Crippen LogP contribution in [0.5, 0.6) is 0 Å². The van der Waals surface area contributed by atoms with Crippen LogP contribution in [0.25, 0.3) is 0 Å². The molecule has 1 fully saturated rings. The van der Waals surface area contributed by atoms with E-state index in [0.717, 1.165) is 25.3 Å². The van der Waals surface area contributed by atoms with Gasteiger partial charge in [-0.05, 0) is 30.9 Å². The summed E-state index contributed by atoms with van der Waals surface area (Å²) in [6.07, 6.45) is 3.25. The zero-order valence-electron chi connectivity index (χ0n) is 11.5. The summed E-state index contributed by atoms with van der Waals surface area (Å²) in [5, 5.41) is 22.3. The van der Waals surface area contributed by atoms with Gasteiger partial charge in [-0.15, -0.1) is 0 Å². The molecular weight excluding hydrogens is 272 g/mol. The molecule has 0 unspecified atom stereocenters. The summed E-state index contributed by atoms with van der Waals surface area (Å²) in [7, 11) is 0. The lowest BCUT2D eigenvalue weighted by molar-refractivity contribution is -0.384. The topological polar surface area (TPSA) is 122 Å². The molecule has 1 aromatic rings. The van der Waals surface area contributed by atoms with Crippen molar-refractivity contribution < 1.29 is 9.72 Å². The van der Waals surface area contributed by atoms with E-state index in [4.69, 9.17) is 11.0 Å². The molecule has 0 saturated heterocycles. The van der Waals surface area contributed by atoms with Crippen LogP contribution in [0.1, 0.15) is 31.2 Å². The Hall–Kier alpha value is -2.46. The predicted molar refractivity (Wildman–Crippen MR) is 76.4 cm³/mol. The number of hydrogen-bond acceptors (Lipinski definition) is 5. The van der Waals surface area contributed by atoms with Gasteiger partial charge in [-0.2, -0.15) is 5.26 Å². The van der Waals surface area contributed by atoms with Crippen molar-refractivity contribution in [2.45, 2.75) is 25.7 Å². The summed E-state index contributed by atoms with van der Waals surface area (Å²) in [4.78, 5) is 22.1. The van der Waals surface area contributed by atoms with Crippen molar-refractivity contribution in [2.24, 2.45) is 11.1 Å². The van der Waals surface area contributed by atoms with Gasteiger partial charge in [0.05, 0.1) is 16.2 Å². The fraction of sp³-hybridized carbons (Fsp3) is 0.429. The highest BCUT2D eigenvalue weighted by Crippen LogP contribution is 2.43. The van der Waals surface area contributed by atoms with Crippen LogP contribution >= 0.6 is 0 Å². The van der Waals surface area contributed by atoms with Crippen LogP contribution in [0, 0.1) is 26.9 Å². The Morgan fingerprint density at radius 1 is 1.52 bits per heavy atom. The zero-order chi connectivity index (χ0) is 15.5. The average Bonchev–Trinajstić information content (AvgIpc) is 2.43. The number of nitrogens with one attached hydrogen (secondary N) is 1. The molecule has 110 valence electrons. The number of nitrogens with two attached hydrogens (primary N) is 1. The fourth-order valence-electron chi connectivity index (χ4n) is 2.51. The molecule has 1 aliphatic carbocycles. The van der Waals surface area contributed by atoms with Crippen LogP contribution in [0.2, 0.25) is 0 Å². The van der Waals surface area contributed by atoms with Gasteiger partial charge in [-0.25, -0.2) is 0 Å². The van der Waals surface area contributed by atoms with Gasteiger partial charge in [0.15, 0.2) is 0 Å². The molecule has 7 heteroatoms. The Morgan fingerprint density at radius 3 is 2.71 bits per heavy atom. The molecule has 1 aliphatic rings. The van der Waals surface area contributed by atoms with E-state index in [2.05, 4.69) is 5.32 Å². The Kier molecular flexibility index (Phi) is 4.19. The van der Waals surface area contributed by atoms with Gasteiger partial charge in [0, 0.05) is 18.6 Å². The number of anilines is 1. The SMILES string of the molecule is N#Cc1cc([N+](=O)[O-])ccc1NC(=O)CC1(CN)CCC1. The Bertz CT molecular complexity index is 612. The number of amides is 1. The summed E-state index contributed by atoms with van der Waals surface area (Å²) in [6, 6.07) is 5.65. The third-order valence-corrected chi connectivity index (χ3v) is 3.99. The standard InChI is InChI=1S/C14H16N4O3/c15-8-10-6-11(18(20)21)2-3-12(10)17-13(19)7-14(9-16)4-1-5-14/h2-3,6H,1,4-5,7,9,16H2,(H,17,19). The van der Waals surface area contributed by atoms with Crippen LogP contribution < -0.4 is 11.1 Å². The molecule has 0 aromatic heterocycles. The maximum absolute atomic E-state index is 12.1. The van der Waals surface area contributed by atoms with Crippen LogP contribution in [0.15, 0.2) is 18.2 Å². The summed E-state index contributed by atoms with van der Waals surface area (Å²) in [5.41, 5.74) is 5.77. The quantitative estimate of drug-likeness (QED) is 0.633. The van der Waals surface area contributed by atoms with Gasteiger partial charge >= 0.3 is 0 Å². The molecule has 1 aromatic carbocycles. The molecule has 0 bridgehead atoms. The van der Waals surface area contributed by atoms with Crippen molar-refractivity contribution >= 4 is 17.3 Å². The summed E-state index contributed by atoms with van der Waals surface area (Å²) in [6.45, 7) is 0.464. The second kappa shape index (κ2) is 5.89. The van der Waals surface area contributed by atoms with E-state index in [1.807, 2.05) is 6.07 Å². The van der Waals surface area contributed by atoms with Gasteiger partial charge in [-0.3, -0.25) is 14.9 Å². The highest BCUT2D eigenvalue weighted by atomic mass is 16.6. The van der Waals surface area contributed by atoms with Crippen LogP contribution in [0.4, 0.5) is 11.4 Å². The van der Waals surface area contributed by atoms with Gasteiger partial charge in [-0.1, -0.05) is 6.42 Å². The first kappa shape index (κ1) is 14.9. The Balaban J connectivity index is 2.10. The third kappa shape index (κ3) is 3.17. The third-order valence-electron chi connectivity index (χ3n) is 3.99. The van der Waals surface area contributed by atoms with Crippen molar-refractivity contribution in [3.8, 4) is 6.07 Å². The number of nitriles is 1. The zero-order valence-corrected chi connectivity index (χ0v) is 11.5. The van der Waals surface area contributed by atoms with E-state index >= 15 is 0 Å². The molecule has 0 heterocycles. The predicted octanol–water partition coefficient (Wildman–Crippen LogP) is 1.92. The second-order valence-electron chi connectivity index (χ2n) is 5.38. The number of nitrogens with zero attached hydrogens (tertiary/aromatic N) is 2. The monoisotopic (exact) mass is 288 g/mol. The first-order valence-electron chi connectivity index (χ1n) is 6.68. The van der Waals surface area contributed by atoms with Gasteiger partial charge < -0.3 is 11.1 Å². The molecule has 0 spiro atoms. The number of non-ortho nitro benzene ring substituents is 1. The number of rotatable bonds is 5. The molecule has 3 N–H and O–H groups in total. The van der Waals surface area contributed by atoms with Gasteiger partial charge in [0.1, 0.15) is 6.07 Å². The highest BCUT2D eigenvalue weighted by Gasteiger charge is 2.37. The lowest BCUT2D eigenvalue weighted by atomic mass is 9.66. The molecule has 21 heavy (non-hydrogen) atoms. The van der Waals surface area contributed by atoms with Crippen LogP contribution in [0.3, 0.4) is 0 Å². The van der Waals surface area contributed by atoms with Gasteiger partial charge in [0.25, 0.3) is 5.69 Å². The smallest absolute Gasteiger partial charge is 0.270 e. The number of nitro benzene ring substituents is 1. The molecule has 7 nitrogen and oxygen atoms in total. The van der Waals surface area contributed by atoms with Crippen molar-refractivity contribution in [1.82, 2.24) is 0 Å². The fourth-order valence-corrected chi connectivity index (χ4v) is 2.51. The molecule has 1 amide bonds. The Morgan fingerprint density at radius 2 is 2.24 bits per heavy atom. The number of carbonyl (C=O) groups excluding carboxylic acids is 1. The highest BCUT2D eigenvalue weighted by molar-refractivity contribution is 5.92. The van der Waals surface area contributed by atoms with Crippen LogP contribution in [-0.4, -0.2) is 17.4 Å². The van der Waals surface area contributed by atoms with E-state index in [-0.39, 0.29) is 22.6 Å². The van der Waals surface area contributed by atoms with E-state index < -0.39 is 4.92 Å². The number of nitro groups is 1. The molecule has 1 saturated carbocycles. The maximum Gasteiger partial charge on any atom is 0.270 e. The summed E-state index contributed by atoms with van der Waals surface area (Å²) in [5.74, 6) is -0.217. The molecule has 2 rings (SSSR count). The summed E-state index contributed by atoms with van der Waals surface area (Å²) >= 11 is 0. The number of benzene rings is 1. The normalized spacial score (nSPS) is 15.6. The van der Waals surface area contributed by atoms with E-state index in [1.54, 1.807) is 0 Å². The minimum atomic E-state index is -0.579. The van der Waals surface area contributed by atoms with E-state index in [0.29, 0.717) is 18.7 Å². The number of hydrogen-bond donors (Lipinski definition) is 2. The molecule has 0 aliphatic heterocycles. The summed E-state index contributed by atoms with van der Waals surface area (Å²) < 4.78 is 0. The average molecular weight is 288 g/mol. The van der Waals surface area contributed by atoms with Crippen LogP contribution in [-0.2, 0) is 4.79 Å². The maximum atomic E-state index is 12.1. The molecule has 0 atom stereocenters. The lowest BCUT2D eigenvalue weighted by Crippen LogP contribution is -2.40. The molecule has 0 radical (unpaired) electrons. The van der Waals surface area contributed by atoms with Crippen molar-refractivity contribution in [3.63, 3.8) is 0 Å². The number of carbonyl (C=O) groups is 1. The van der Waals surface area contributed by atoms with E-state index in [1.165, 1.54) is 12.1 Å². The first-order valence-corrected chi connectivity index (χ1v) is 6.68. The Labute approximate surface area is 121 Å². The first-order chi connectivity index (χ1) is 9.99. The minimum absolute atomic E-state index is 0.0768. The van der Waals surface area contributed by atoms with Gasteiger partial charge in [0.2, 0.25) is 5.91 Å².